The first kappa shape index (κ1) is 27.4. The summed E-state index contributed by atoms with van der Waals surface area (Å²) in [6.07, 6.45) is 1.39. The monoisotopic (exact) mass is 513 g/mol. The zero-order valence-corrected chi connectivity index (χ0v) is 22.1. The van der Waals surface area contributed by atoms with Crippen molar-refractivity contribution in [2.45, 2.75) is 52.3 Å². The maximum Gasteiger partial charge on any atom is 0.408 e. The third kappa shape index (κ3) is 7.16. The van der Waals surface area contributed by atoms with Gasteiger partial charge in [-0.15, -0.1) is 0 Å². The Kier molecular flexibility index (Phi) is 9.25. The molecule has 2 aromatic rings. The van der Waals surface area contributed by atoms with Crippen molar-refractivity contribution in [2.75, 3.05) is 23.9 Å². The van der Waals surface area contributed by atoms with E-state index < -0.39 is 18.2 Å². The van der Waals surface area contributed by atoms with E-state index in [1.54, 1.807) is 17.8 Å². The van der Waals surface area contributed by atoms with Gasteiger partial charge in [0.1, 0.15) is 12.6 Å². The van der Waals surface area contributed by atoms with E-state index in [1.165, 1.54) is 4.90 Å². The Morgan fingerprint density at radius 1 is 1.17 bits per heavy atom. The number of rotatable bonds is 8. The van der Waals surface area contributed by atoms with Gasteiger partial charge in [0.05, 0.1) is 6.04 Å². The second-order valence-electron chi connectivity index (χ2n) is 9.94. The molecule has 0 aliphatic carbocycles. The van der Waals surface area contributed by atoms with Crippen LogP contribution in [0.3, 0.4) is 0 Å². The first-order valence-corrected chi connectivity index (χ1v) is 13.4. The van der Waals surface area contributed by atoms with Crippen LogP contribution in [0.1, 0.15) is 49.9 Å². The van der Waals surface area contributed by atoms with Crippen molar-refractivity contribution in [2.24, 2.45) is 5.41 Å². The standard InChI is InChI=1S/C27H35N3O5S/c1-27(2,3)23-21-11-10-20(16-19(21)12-14-30(23)26(33)34)28-24(31)22(13-15-36-4)29-25(32)35-17-18-8-6-5-7-9-18/h5-11,16,22-23H,12-15,17H2,1-4H3,(H,28,31)(H,29,32)(H,33,34)/t22-,23+/m0/s1. The molecule has 0 saturated heterocycles. The van der Waals surface area contributed by atoms with E-state index in [0.717, 1.165) is 16.7 Å². The number of nitrogens with zero attached hydrogens (tertiary/aromatic N) is 1. The summed E-state index contributed by atoms with van der Waals surface area (Å²) >= 11 is 1.59. The van der Waals surface area contributed by atoms with Crippen LogP contribution in [0.5, 0.6) is 0 Å². The van der Waals surface area contributed by atoms with Crippen LogP contribution in [0, 0.1) is 5.41 Å². The molecule has 0 fully saturated rings. The predicted molar refractivity (Wildman–Crippen MR) is 142 cm³/mol. The largest absolute Gasteiger partial charge is 0.465 e. The van der Waals surface area contributed by atoms with Crippen LogP contribution >= 0.6 is 11.8 Å². The Bertz CT molecular complexity index is 1070. The third-order valence-electron chi connectivity index (χ3n) is 6.14. The van der Waals surface area contributed by atoms with E-state index >= 15 is 0 Å². The molecule has 3 amide bonds. The maximum atomic E-state index is 13.1. The van der Waals surface area contributed by atoms with Crippen LogP contribution in [-0.4, -0.2) is 52.7 Å². The average molecular weight is 514 g/mol. The number of amides is 3. The van der Waals surface area contributed by atoms with Crippen molar-refractivity contribution >= 4 is 35.5 Å². The van der Waals surface area contributed by atoms with Gasteiger partial charge < -0.3 is 25.4 Å². The quantitative estimate of drug-likeness (QED) is 0.442. The highest BCUT2D eigenvalue weighted by molar-refractivity contribution is 7.98. The molecule has 2 aromatic carbocycles. The summed E-state index contributed by atoms with van der Waals surface area (Å²) in [5.41, 5.74) is 3.16. The molecule has 0 saturated carbocycles. The minimum absolute atomic E-state index is 0.122. The summed E-state index contributed by atoms with van der Waals surface area (Å²) in [4.78, 5) is 38.8. The maximum absolute atomic E-state index is 13.1. The fourth-order valence-electron chi connectivity index (χ4n) is 4.49. The van der Waals surface area contributed by atoms with E-state index in [-0.39, 0.29) is 24.0 Å². The molecule has 3 N–H and O–H groups in total. The Morgan fingerprint density at radius 3 is 2.53 bits per heavy atom. The van der Waals surface area contributed by atoms with Gasteiger partial charge in [0.15, 0.2) is 0 Å². The van der Waals surface area contributed by atoms with Crippen molar-refractivity contribution in [3.63, 3.8) is 0 Å². The van der Waals surface area contributed by atoms with Crippen molar-refractivity contribution in [1.29, 1.82) is 0 Å². The van der Waals surface area contributed by atoms with Crippen LogP contribution in [0.25, 0.3) is 0 Å². The number of fused-ring (bicyclic) bond motifs is 1. The summed E-state index contributed by atoms with van der Waals surface area (Å²) in [5.74, 6) is 0.371. The molecule has 3 rings (SSSR count). The Morgan fingerprint density at radius 2 is 1.89 bits per heavy atom. The second-order valence-corrected chi connectivity index (χ2v) is 10.9. The number of carbonyl (C=O) groups is 3. The number of carbonyl (C=O) groups excluding carboxylic acids is 2. The Balaban J connectivity index is 1.70. The van der Waals surface area contributed by atoms with E-state index in [0.29, 0.717) is 30.8 Å². The van der Waals surface area contributed by atoms with Gasteiger partial charge in [-0.05, 0) is 59.1 Å². The van der Waals surface area contributed by atoms with Crippen LogP contribution < -0.4 is 10.6 Å². The molecule has 0 spiro atoms. The molecule has 36 heavy (non-hydrogen) atoms. The van der Waals surface area contributed by atoms with Crippen molar-refractivity contribution in [1.82, 2.24) is 10.2 Å². The van der Waals surface area contributed by atoms with Crippen LogP contribution in [0.4, 0.5) is 15.3 Å². The molecule has 1 aliphatic rings. The summed E-state index contributed by atoms with van der Waals surface area (Å²) in [7, 11) is 0. The zero-order valence-electron chi connectivity index (χ0n) is 21.2. The first-order chi connectivity index (χ1) is 17.1. The number of benzene rings is 2. The second kappa shape index (κ2) is 12.2. The fraction of sp³-hybridized carbons (Fsp3) is 0.444. The predicted octanol–water partition coefficient (Wildman–Crippen LogP) is 5.30. The molecule has 9 heteroatoms. The molecule has 1 heterocycles. The molecular weight excluding hydrogens is 478 g/mol. The van der Waals surface area contributed by atoms with Gasteiger partial charge in [-0.1, -0.05) is 57.2 Å². The topological polar surface area (TPSA) is 108 Å². The van der Waals surface area contributed by atoms with Gasteiger partial charge in [0.2, 0.25) is 5.91 Å². The molecule has 0 radical (unpaired) electrons. The molecular formula is C27H35N3O5S. The van der Waals surface area contributed by atoms with Gasteiger partial charge in [0.25, 0.3) is 0 Å². The number of carboxylic acid groups (broad SMARTS) is 1. The Hall–Kier alpha value is -3.20. The van der Waals surface area contributed by atoms with E-state index in [2.05, 4.69) is 10.6 Å². The minimum Gasteiger partial charge on any atom is -0.465 e. The summed E-state index contributed by atoms with van der Waals surface area (Å²) in [6.45, 7) is 6.59. The normalized spacial score (nSPS) is 16.0. The number of hydrogen-bond acceptors (Lipinski definition) is 5. The number of hydrogen-bond donors (Lipinski definition) is 3. The average Bonchev–Trinajstić information content (AvgIpc) is 2.84. The van der Waals surface area contributed by atoms with Gasteiger partial charge >= 0.3 is 12.2 Å². The molecule has 8 nitrogen and oxygen atoms in total. The van der Waals surface area contributed by atoms with Crippen molar-refractivity contribution in [3.05, 3.63) is 65.2 Å². The molecule has 194 valence electrons. The molecule has 2 atom stereocenters. The number of thioether (sulfide) groups is 1. The third-order valence-corrected chi connectivity index (χ3v) is 6.78. The highest BCUT2D eigenvalue weighted by Gasteiger charge is 2.38. The lowest BCUT2D eigenvalue weighted by molar-refractivity contribution is -0.118. The zero-order chi connectivity index (χ0) is 26.3. The van der Waals surface area contributed by atoms with E-state index in [9.17, 15) is 19.5 Å². The molecule has 0 unspecified atom stereocenters. The van der Waals surface area contributed by atoms with Gasteiger partial charge in [-0.3, -0.25) is 4.79 Å². The number of ether oxygens (including phenoxy) is 1. The van der Waals surface area contributed by atoms with Crippen LogP contribution in [-0.2, 0) is 22.6 Å². The number of anilines is 1. The Labute approximate surface area is 216 Å². The van der Waals surface area contributed by atoms with E-state index in [4.69, 9.17) is 4.74 Å². The summed E-state index contributed by atoms with van der Waals surface area (Å²) in [5, 5.41) is 15.3. The summed E-state index contributed by atoms with van der Waals surface area (Å²) in [6, 6.07) is 13.9. The minimum atomic E-state index is -0.931. The first-order valence-electron chi connectivity index (χ1n) is 12.0. The lowest BCUT2D eigenvalue weighted by Gasteiger charge is -2.43. The highest BCUT2D eigenvalue weighted by Crippen LogP contribution is 2.42. The molecule has 1 aliphatic heterocycles. The number of nitrogens with one attached hydrogen (secondary N) is 2. The molecule has 0 bridgehead atoms. The van der Waals surface area contributed by atoms with Crippen molar-refractivity contribution in [3.8, 4) is 0 Å². The fourth-order valence-corrected chi connectivity index (χ4v) is 4.96. The van der Waals surface area contributed by atoms with Crippen LogP contribution in [0.2, 0.25) is 0 Å². The van der Waals surface area contributed by atoms with Gasteiger partial charge in [-0.2, -0.15) is 11.8 Å². The number of alkyl carbamates (subject to hydrolysis) is 1. The lowest BCUT2D eigenvalue weighted by atomic mass is 9.77. The van der Waals surface area contributed by atoms with E-state index in [1.807, 2.05) is 69.5 Å². The van der Waals surface area contributed by atoms with Crippen LogP contribution in [0.15, 0.2) is 48.5 Å². The SMILES string of the molecule is CSCC[C@H](NC(=O)OCc1ccccc1)C(=O)Nc1ccc2c(c1)CCN(C(=O)O)[C@H]2C(C)(C)C. The van der Waals surface area contributed by atoms with Crippen molar-refractivity contribution < 1.29 is 24.2 Å². The van der Waals surface area contributed by atoms with Gasteiger partial charge in [0, 0.05) is 12.2 Å². The molecule has 0 aromatic heterocycles. The smallest absolute Gasteiger partial charge is 0.408 e. The highest BCUT2D eigenvalue weighted by atomic mass is 32.2. The van der Waals surface area contributed by atoms with Gasteiger partial charge in [-0.25, -0.2) is 9.59 Å². The lowest BCUT2D eigenvalue weighted by Crippen LogP contribution is -2.45. The summed E-state index contributed by atoms with van der Waals surface area (Å²) < 4.78 is 5.30.